The summed E-state index contributed by atoms with van der Waals surface area (Å²) in [7, 11) is 1.58. The summed E-state index contributed by atoms with van der Waals surface area (Å²) in [4.78, 5) is 16.9. The molecule has 3 aromatic rings. The first-order valence-corrected chi connectivity index (χ1v) is 9.34. The number of nitrogens with zero attached hydrogens (tertiary/aromatic N) is 2. The van der Waals surface area contributed by atoms with Crippen molar-refractivity contribution in [1.82, 2.24) is 14.9 Å². The van der Waals surface area contributed by atoms with Gasteiger partial charge < -0.3 is 19.4 Å². The fourth-order valence-corrected chi connectivity index (χ4v) is 2.97. The highest BCUT2D eigenvalue weighted by Gasteiger charge is 2.11. The van der Waals surface area contributed by atoms with Crippen LogP contribution in [-0.4, -0.2) is 35.7 Å². The van der Waals surface area contributed by atoms with E-state index < -0.39 is 0 Å². The van der Waals surface area contributed by atoms with Crippen LogP contribution in [0.1, 0.15) is 28.7 Å². The van der Waals surface area contributed by atoms with Crippen LogP contribution in [0.4, 0.5) is 0 Å². The zero-order chi connectivity index (χ0) is 19.8. The first-order chi connectivity index (χ1) is 13.7. The van der Waals surface area contributed by atoms with E-state index in [0.29, 0.717) is 36.6 Å². The van der Waals surface area contributed by atoms with Gasteiger partial charge in [-0.15, -0.1) is 0 Å². The Bertz CT molecular complexity index is 906. The van der Waals surface area contributed by atoms with Crippen molar-refractivity contribution in [1.29, 1.82) is 0 Å². The topological polar surface area (TPSA) is 65.4 Å². The number of carbonyl (C=O) groups excluding carboxylic acids is 1. The van der Waals surface area contributed by atoms with Crippen LogP contribution in [-0.2, 0) is 13.0 Å². The van der Waals surface area contributed by atoms with Gasteiger partial charge in [0.25, 0.3) is 5.91 Å². The molecule has 6 nitrogen and oxygen atoms in total. The van der Waals surface area contributed by atoms with Gasteiger partial charge >= 0.3 is 0 Å². The van der Waals surface area contributed by atoms with E-state index in [-0.39, 0.29) is 5.91 Å². The lowest BCUT2D eigenvalue weighted by atomic mass is 10.2. The van der Waals surface area contributed by atoms with Crippen LogP contribution >= 0.6 is 0 Å². The van der Waals surface area contributed by atoms with E-state index in [1.807, 2.05) is 31.3 Å². The van der Waals surface area contributed by atoms with Crippen LogP contribution in [0.5, 0.6) is 11.5 Å². The van der Waals surface area contributed by atoms with Gasteiger partial charge in [0, 0.05) is 37.5 Å². The minimum absolute atomic E-state index is 0.148. The van der Waals surface area contributed by atoms with E-state index >= 15 is 0 Å². The van der Waals surface area contributed by atoms with Crippen LogP contribution in [0.3, 0.4) is 0 Å². The molecule has 146 valence electrons. The number of aromatic nitrogens is 2. The highest BCUT2D eigenvalue weighted by molar-refractivity contribution is 5.94. The van der Waals surface area contributed by atoms with Crippen molar-refractivity contribution < 1.29 is 14.3 Å². The largest absolute Gasteiger partial charge is 0.493 e. The standard InChI is InChI=1S/C22H25N3O3/c1-3-28-20-15-18(9-10-19(20)27-2)22(26)24-12-11-21-23-13-14-25(21)16-17-7-5-4-6-8-17/h4-10,13-15H,3,11-12,16H2,1-2H3,(H,24,26). The maximum atomic E-state index is 12.5. The lowest BCUT2D eigenvalue weighted by Crippen LogP contribution is -2.26. The van der Waals surface area contributed by atoms with E-state index in [2.05, 4.69) is 27.0 Å². The number of imidazole rings is 1. The summed E-state index contributed by atoms with van der Waals surface area (Å²) in [5.74, 6) is 1.97. The average molecular weight is 379 g/mol. The Kier molecular flexibility index (Phi) is 6.68. The van der Waals surface area contributed by atoms with Gasteiger partial charge in [-0.3, -0.25) is 4.79 Å². The van der Waals surface area contributed by atoms with Gasteiger partial charge in [0.1, 0.15) is 5.82 Å². The van der Waals surface area contributed by atoms with E-state index in [9.17, 15) is 4.79 Å². The quantitative estimate of drug-likeness (QED) is 0.619. The first-order valence-electron chi connectivity index (χ1n) is 9.34. The molecule has 0 aliphatic carbocycles. The van der Waals surface area contributed by atoms with E-state index in [1.54, 1.807) is 31.5 Å². The fourth-order valence-electron chi connectivity index (χ4n) is 2.97. The molecule has 2 aromatic carbocycles. The molecule has 0 saturated carbocycles. The van der Waals surface area contributed by atoms with Crippen molar-refractivity contribution in [3.05, 3.63) is 77.9 Å². The van der Waals surface area contributed by atoms with Gasteiger partial charge in [-0.05, 0) is 30.7 Å². The number of hydrogen-bond donors (Lipinski definition) is 1. The maximum absolute atomic E-state index is 12.5. The number of rotatable bonds is 9. The first kappa shape index (κ1) is 19.5. The Morgan fingerprint density at radius 3 is 2.71 bits per heavy atom. The summed E-state index contributed by atoms with van der Waals surface area (Å²) < 4.78 is 12.9. The smallest absolute Gasteiger partial charge is 0.251 e. The van der Waals surface area contributed by atoms with Crippen LogP contribution < -0.4 is 14.8 Å². The van der Waals surface area contributed by atoms with E-state index in [4.69, 9.17) is 9.47 Å². The number of amides is 1. The summed E-state index contributed by atoms with van der Waals surface area (Å²) in [6.45, 7) is 3.66. The highest BCUT2D eigenvalue weighted by Crippen LogP contribution is 2.27. The second-order valence-electron chi connectivity index (χ2n) is 6.26. The molecule has 0 aliphatic rings. The van der Waals surface area contributed by atoms with Crippen molar-refractivity contribution >= 4 is 5.91 Å². The molecular weight excluding hydrogens is 354 g/mol. The number of benzene rings is 2. The third-order valence-electron chi connectivity index (χ3n) is 4.36. The maximum Gasteiger partial charge on any atom is 0.251 e. The molecule has 1 amide bonds. The average Bonchev–Trinajstić information content (AvgIpc) is 3.15. The SMILES string of the molecule is CCOc1cc(C(=O)NCCc2nccn2Cc2ccccc2)ccc1OC. The summed E-state index contributed by atoms with van der Waals surface area (Å²) in [5, 5.41) is 2.95. The predicted octanol–water partition coefficient (Wildman–Crippen LogP) is 3.31. The number of methoxy groups -OCH3 is 1. The Balaban J connectivity index is 1.58. The summed E-state index contributed by atoms with van der Waals surface area (Å²) in [5.41, 5.74) is 1.75. The Morgan fingerprint density at radius 1 is 1.14 bits per heavy atom. The zero-order valence-corrected chi connectivity index (χ0v) is 16.2. The number of hydrogen-bond acceptors (Lipinski definition) is 4. The van der Waals surface area contributed by atoms with Crippen LogP contribution in [0.25, 0.3) is 0 Å². The highest BCUT2D eigenvalue weighted by atomic mass is 16.5. The minimum atomic E-state index is -0.148. The molecule has 0 saturated heterocycles. The molecule has 3 rings (SSSR count). The Morgan fingerprint density at radius 2 is 1.96 bits per heavy atom. The molecule has 0 unspecified atom stereocenters. The van der Waals surface area contributed by atoms with Crippen molar-refractivity contribution in [2.75, 3.05) is 20.3 Å². The Hall–Kier alpha value is -3.28. The predicted molar refractivity (Wildman–Crippen MR) is 108 cm³/mol. The summed E-state index contributed by atoms with van der Waals surface area (Å²) in [6, 6.07) is 15.4. The lowest BCUT2D eigenvalue weighted by Gasteiger charge is -2.12. The number of nitrogens with one attached hydrogen (secondary N) is 1. The van der Waals surface area contributed by atoms with Crippen molar-refractivity contribution in [2.24, 2.45) is 0 Å². The molecule has 6 heteroatoms. The third kappa shape index (κ3) is 4.91. The zero-order valence-electron chi connectivity index (χ0n) is 16.2. The Labute approximate surface area is 165 Å². The minimum Gasteiger partial charge on any atom is -0.493 e. The van der Waals surface area contributed by atoms with E-state index in [0.717, 1.165) is 12.4 Å². The van der Waals surface area contributed by atoms with Crippen molar-refractivity contribution in [3.8, 4) is 11.5 Å². The molecule has 0 bridgehead atoms. The van der Waals surface area contributed by atoms with E-state index in [1.165, 1.54) is 5.56 Å². The van der Waals surface area contributed by atoms with Crippen molar-refractivity contribution in [2.45, 2.75) is 19.9 Å². The fraction of sp³-hybridized carbons (Fsp3) is 0.273. The molecule has 0 spiro atoms. The van der Waals surface area contributed by atoms with Crippen LogP contribution in [0, 0.1) is 0 Å². The van der Waals surface area contributed by atoms with Gasteiger partial charge in [0.05, 0.1) is 13.7 Å². The summed E-state index contributed by atoms with van der Waals surface area (Å²) in [6.07, 6.45) is 4.40. The van der Waals surface area contributed by atoms with Gasteiger partial charge in [-0.25, -0.2) is 4.98 Å². The van der Waals surface area contributed by atoms with Gasteiger partial charge in [0.2, 0.25) is 0 Å². The van der Waals surface area contributed by atoms with Gasteiger partial charge in [0.15, 0.2) is 11.5 Å². The normalized spacial score (nSPS) is 10.5. The second-order valence-corrected chi connectivity index (χ2v) is 6.26. The van der Waals surface area contributed by atoms with Gasteiger partial charge in [-0.1, -0.05) is 30.3 Å². The number of ether oxygens (including phenoxy) is 2. The molecule has 0 atom stereocenters. The molecule has 0 radical (unpaired) electrons. The number of carbonyl (C=O) groups is 1. The summed E-state index contributed by atoms with van der Waals surface area (Å²) >= 11 is 0. The molecule has 28 heavy (non-hydrogen) atoms. The molecule has 1 heterocycles. The van der Waals surface area contributed by atoms with Crippen LogP contribution in [0.2, 0.25) is 0 Å². The molecule has 0 fully saturated rings. The monoisotopic (exact) mass is 379 g/mol. The van der Waals surface area contributed by atoms with Crippen LogP contribution in [0.15, 0.2) is 60.9 Å². The molecular formula is C22H25N3O3. The van der Waals surface area contributed by atoms with Gasteiger partial charge in [-0.2, -0.15) is 0 Å². The molecule has 0 aliphatic heterocycles. The lowest BCUT2D eigenvalue weighted by molar-refractivity contribution is 0.0953. The molecule has 1 N–H and O–H groups in total. The molecule has 1 aromatic heterocycles. The van der Waals surface area contributed by atoms with Crippen molar-refractivity contribution in [3.63, 3.8) is 0 Å². The second kappa shape index (κ2) is 9.60. The third-order valence-corrected chi connectivity index (χ3v) is 4.36.